The van der Waals surface area contributed by atoms with Gasteiger partial charge in [0.1, 0.15) is 0 Å². The minimum Gasteiger partial charge on any atom is -0.479 e. The number of aliphatic hydroxyl groups is 1. The zero-order chi connectivity index (χ0) is 9.14. The number of hydrogen-bond acceptors (Lipinski definition) is 3. The predicted octanol–water partition coefficient (Wildman–Crippen LogP) is 1.50. The summed E-state index contributed by atoms with van der Waals surface area (Å²) in [5, 5.41) is 19.3. The van der Waals surface area contributed by atoms with Gasteiger partial charge in [-0.1, -0.05) is 0 Å². The highest BCUT2D eigenvalue weighted by molar-refractivity contribution is 9.11. The first-order chi connectivity index (χ1) is 5.61. The molecular formula is C7H7BrO3S. The van der Waals surface area contributed by atoms with E-state index in [0.29, 0.717) is 0 Å². The van der Waals surface area contributed by atoms with E-state index in [0.717, 1.165) is 9.35 Å². The molecular weight excluding hydrogens is 244 g/mol. The van der Waals surface area contributed by atoms with Crippen LogP contribution >= 0.6 is 27.3 Å². The Bertz CT molecular complexity index is 284. The number of rotatable bonds is 3. The van der Waals surface area contributed by atoms with Gasteiger partial charge in [0.15, 0.2) is 6.10 Å². The van der Waals surface area contributed by atoms with Crippen molar-refractivity contribution in [1.29, 1.82) is 0 Å². The molecule has 1 aromatic rings. The van der Waals surface area contributed by atoms with E-state index < -0.39 is 12.1 Å². The molecule has 0 bridgehead atoms. The number of thiophene rings is 1. The van der Waals surface area contributed by atoms with Crippen molar-refractivity contribution in [3.8, 4) is 0 Å². The van der Waals surface area contributed by atoms with Crippen LogP contribution in [0.2, 0.25) is 0 Å². The molecule has 0 spiro atoms. The highest BCUT2D eigenvalue weighted by atomic mass is 79.9. The molecule has 1 unspecified atom stereocenters. The maximum Gasteiger partial charge on any atom is 0.332 e. The molecule has 2 N–H and O–H groups in total. The second-order valence-corrected chi connectivity index (χ2v) is 4.51. The molecule has 0 saturated heterocycles. The molecule has 1 atom stereocenters. The highest BCUT2D eigenvalue weighted by Crippen LogP contribution is 2.24. The van der Waals surface area contributed by atoms with Gasteiger partial charge in [-0.25, -0.2) is 4.79 Å². The monoisotopic (exact) mass is 250 g/mol. The van der Waals surface area contributed by atoms with Crippen molar-refractivity contribution in [1.82, 2.24) is 0 Å². The van der Waals surface area contributed by atoms with Gasteiger partial charge in [-0.15, -0.1) is 11.3 Å². The van der Waals surface area contributed by atoms with Gasteiger partial charge in [-0.3, -0.25) is 0 Å². The van der Waals surface area contributed by atoms with E-state index >= 15 is 0 Å². The van der Waals surface area contributed by atoms with E-state index in [9.17, 15) is 4.79 Å². The summed E-state index contributed by atoms with van der Waals surface area (Å²) >= 11 is 4.73. The van der Waals surface area contributed by atoms with E-state index in [-0.39, 0.29) is 6.42 Å². The Labute approximate surface area is 81.8 Å². The van der Waals surface area contributed by atoms with Gasteiger partial charge in [-0.05, 0) is 32.9 Å². The summed E-state index contributed by atoms with van der Waals surface area (Å²) in [6.07, 6.45) is -1.16. The lowest BCUT2D eigenvalue weighted by atomic mass is 10.1. The van der Waals surface area contributed by atoms with Crippen LogP contribution in [-0.2, 0) is 11.2 Å². The quantitative estimate of drug-likeness (QED) is 0.855. The number of halogens is 1. The van der Waals surface area contributed by atoms with E-state index in [4.69, 9.17) is 10.2 Å². The Hall–Kier alpha value is -0.390. The lowest BCUT2D eigenvalue weighted by Gasteiger charge is -2.02. The van der Waals surface area contributed by atoms with Crippen LogP contribution in [0.3, 0.4) is 0 Å². The largest absolute Gasteiger partial charge is 0.479 e. The van der Waals surface area contributed by atoms with E-state index in [1.54, 1.807) is 6.07 Å². The van der Waals surface area contributed by atoms with Crippen molar-refractivity contribution in [3.05, 3.63) is 20.8 Å². The van der Waals surface area contributed by atoms with Crippen molar-refractivity contribution in [3.63, 3.8) is 0 Å². The maximum absolute atomic E-state index is 10.3. The van der Waals surface area contributed by atoms with Gasteiger partial charge in [-0.2, -0.15) is 0 Å². The van der Waals surface area contributed by atoms with Gasteiger partial charge in [0.2, 0.25) is 0 Å². The third-order valence-electron chi connectivity index (χ3n) is 1.39. The Balaban J connectivity index is 2.64. The molecule has 3 nitrogen and oxygen atoms in total. The number of hydrogen-bond donors (Lipinski definition) is 2. The summed E-state index contributed by atoms with van der Waals surface area (Å²) in [4.78, 5) is 10.3. The van der Waals surface area contributed by atoms with Crippen LogP contribution in [0, 0.1) is 0 Å². The first-order valence-corrected chi connectivity index (χ1v) is 4.91. The minimum absolute atomic E-state index is 0.152. The normalized spacial score (nSPS) is 12.8. The summed E-state index contributed by atoms with van der Waals surface area (Å²) in [6, 6.07) is 1.79. The van der Waals surface area contributed by atoms with E-state index in [1.165, 1.54) is 11.3 Å². The SMILES string of the molecule is O=C(O)C(O)Cc1ccsc1Br. The van der Waals surface area contributed by atoms with Crippen LogP contribution in [0.25, 0.3) is 0 Å². The van der Waals surface area contributed by atoms with Crippen LogP contribution < -0.4 is 0 Å². The minimum atomic E-state index is -1.31. The molecule has 5 heteroatoms. The second kappa shape index (κ2) is 4.02. The number of aliphatic carboxylic acids is 1. The molecule has 0 aliphatic rings. The molecule has 0 aliphatic heterocycles. The summed E-state index contributed by atoms with van der Waals surface area (Å²) in [7, 11) is 0. The summed E-state index contributed by atoms with van der Waals surface area (Å²) in [5.41, 5.74) is 0.829. The predicted molar refractivity (Wildman–Crippen MR) is 49.4 cm³/mol. The fraction of sp³-hybridized carbons (Fsp3) is 0.286. The summed E-state index contributed by atoms with van der Waals surface area (Å²) < 4.78 is 0.878. The van der Waals surface area contributed by atoms with Gasteiger partial charge in [0.05, 0.1) is 3.79 Å². The van der Waals surface area contributed by atoms with Crippen LogP contribution in [0.4, 0.5) is 0 Å². The fourth-order valence-corrected chi connectivity index (χ4v) is 2.03. The summed E-state index contributed by atoms with van der Waals surface area (Å²) in [5.74, 6) is -1.19. The van der Waals surface area contributed by atoms with Gasteiger partial charge >= 0.3 is 5.97 Å². The smallest absolute Gasteiger partial charge is 0.332 e. The third kappa shape index (κ3) is 2.30. The Morgan fingerprint density at radius 2 is 2.42 bits per heavy atom. The molecule has 12 heavy (non-hydrogen) atoms. The second-order valence-electron chi connectivity index (χ2n) is 2.28. The molecule has 0 aliphatic carbocycles. The molecule has 1 rings (SSSR count). The number of carboxylic acid groups (broad SMARTS) is 1. The van der Waals surface area contributed by atoms with Crippen molar-refractivity contribution in [2.45, 2.75) is 12.5 Å². The van der Waals surface area contributed by atoms with Crippen molar-refractivity contribution >= 4 is 33.2 Å². The lowest BCUT2D eigenvalue weighted by Crippen LogP contribution is -2.21. The van der Waals surface area contributed by atoms with Gasteiger partial charge in [0, 0.05) is 6.42 Å². The first kappa shape index (κ1) is 9.70. The zero-order valence-electron chi connectivity index (χ0n) is 6.03. The molecule has 0 fully saturated rings. The van der Waals surface area contributed by atoms with Crippen LogP contribution in [0.15, 0.2) is 15.2 Å². The number of carboxylic acids is 1. The first-order valence-electron chi connectivity index (χ1n) is 3.24. The third-order valence-corrected chi connectivity index (χ3v) is 3.20. The van der Waals surface area contributed by atoms with Crippen LogP contribution in [0.1, 0.15) is 5.56 Å². The molecule has 1 heterocycles. The molecule has 1 aromatic heterocycles. The van der Waals surface area contributed by atoms with Crippen LogP contribution in [0.5, 0.6) is 0 Å². The zero-order valence-corrected chi connectivity index (χ0v) is 8.43. The maximum atomic E-state index is 10.3. The highest BCUT2D eigenvalue weighted by Gasteiger charge is 2.15. The fourth-order valence-electron chi connectivity index (χ4n) is 0.761. The average Bonchev–Trinajstić information content (AvgIpc) is 2.36. The van der Waals surface area contributed by atoms with E-state index in [1.807, 2.05) is 5.38 Å². The van der Waals surface area contributed by atoms with Crippen molar-refractivity contribution in [2.75, 3.05) is 0 Å². The molecule has 0 radical (unpaired) electrons. The standard InChI is InChI=1S/C7H7BrO3S/c8-6-4(1-2-12-6)3-5(9)7(10)11/h1-2,5,9H,3H2,(H,10,11). The molecule has 0 aromatic carbocycles. The summed E-state index contributed by atoms with van der Waals surface area (Å²) in [6.45, 7) is 0. The average molecular weight is 251 g/mol. The van der Waals surface area contributed by atoms with Crippen LogP contribution in [-0.4, -0.2) is 22.3 Å². The molecule has 0 amide bonds. The van der Waals surface area contributed by atoms with E-state index in [2.05, 4.69) is 15.9 Å². The number of carbonyl (C=O) groups is 1. The molecule has 66 valence electrons. The Kier molecular flexibility index (Phi) is 3.25. The number of aliphatic hydroxyl groups excluding tert-OH is 1. The van der Waals surface area contributed by atoms with Gasteiger partial charge in [0.25, 0.3) is 0 Å². The topological polar surface area (TPSA) is 57.5 Å². The Morgan fingerprint density at radius 1 is 1.75 bits per heavy atom. The van der Waals surface area contributed by atoms with Gasteiger partial charge < -0.3 is 10.2 Å². The molecule has 0 saturated carbocycles. The Morgan fingerprint density at radius 3 is 2.83 bits per heavy atom. The van der Waals surface area contributed by atoms with Crippen molar-refractivity contribution < 1.29 is 15.0 Å². The van der Waals surface area contributed by atoms with Crippen molar-refractivity contribution in [2.24, 2.45) is 0 Å². The lowest BCUT2D eigenvalue weighted by molar-refractivity contribution is -0.146.